The van der Waals surface area contributed by atoms with Gasteiger partial charge >= 0.3 is 0 Å². The molecule has 33 heavy (non-hydrogen) atoms. The van der Waals surface area contributed by atoms with Gasteiger partial charge in [-0.1, -0.05) is 18.2 Å². The van der Waals surface area contributed by atoms with Crippen LogP contribution >= 0.6 is 0 Å². The van der Waals surface area contributed by atoms with Gasteiger partial charge in [0.05, 0.1) is 18.7 Å². The quantitative estimate of drug-likeness (QED) is 0.574. The van der Waals surface area contributed by atoms with Crippen LogP contribution < -0.4 is 10.1 Å². The van der Waals surface area contributed by atoms with Crippen LogP contribution in [0.25, 0.3) is 22.3 Å². The third kappa shape index (κ3) is 4.54. The monoisotopic (exact) mass is 447 g/mol. The number of pyridine rings is 1. The highest BCUT2D eigenvalue weighted by Gasteiger charge is 2.41. The Bertz CT molecular complexity index is 1120. The number of carbonyl (C=O) groups is 1. The summed E-state index contributed by atoms with van der Waals surface area (Å²) < 4.78 is 5.42. The third-order valence-electron chi connectivity index (χ3n) is 6.68. The second-order valence-electron chi connectivity index (χ2n) is 8.88. The van der Waals surface area contributed by atoms with Gasteiger partial charge in [-0.25, -0.2) is 15.0 Å². The standard InChI is InChI=1S/C25H29N5O3/c1-2-33-22-8-7-16(13-26-22)24-28-21-6-4-3-5-20(21)23(29-24)25(32)27-19-11-17-14-30(9-10-31)15-18(17)12-19/h3-8,13,17-19,31H,2,9-12,14-15H2,1H3,(H,27,32)/t17-,18+,19?. The molecule has 1 unspecified atom stereocenters. The van der Waals surface area contributed by atoms with E-state index in [0.29, 0.717) is 35.8 Å². The fourth-order valence-corrected chi connectivity index (χ4v) is 5.22. The Hall–Kier alpha value is -3.10. The van der Waals surface area contributed by atoms with E-state index < -0.39 is 0 Å². The highest BCUT2D eigenvalue weighted by atomic mass is 16.5. The zero-order valence-electron chi connectivity index (χ0n) is 18.8. The molecule has 3 heterocycles. The lowest BCUT2D eigenvalue weighted by atomic mass is 10.0. The van der Waals surface area contributed by atoms with Crippen molar-refractivity contribution in [3.8, 4) is 17.3 Å². The van der Waals surface area contributed by atoms with Crippen molar-refractivity contribution >= 4 is 16.8 Å². The van der Waals surface area contributed by atoms with Crippen molar-refractivity contribution < 1.29 is 14.6 Å². The van der Waals surface area contributed by atoms with Crippen molar-refractivity contribution in [2.24, 2.45) is 11.8 Å². The van der Waals surface area contributed by atoms with Crippen LogP contribution in [0, 0.1) is 11.8 Å². The lowest BCUT2D eigenvalue weighted by Gasteiger charge is -2.19. The van der Waals surface area contributed by atoms with E-state index in [1.807, 2.05) is 37.3 Å². The number of amides is 1. The number of nitrogens with one attached hydrogen (secondary N) is 1. The van der Waals surface area contributed by atoms with Crippen LogP contribution in [0.1, 0.15) is 30.3 Å². The molecule has 172 valence electrons. The summed E-state index contributed by atoms with van der Waals surface area (Å²) >= 11 is 0. The number of aliphatic hydroxyl groups is 1. The lowest BCUT2D eigenvalue weighted by molar-refractivity contribution is 0.0932. The van der Waals surface area contributed by atoms with Gasteiger partial charge < -0.3 is 20.1 Å². The van der Waals surface area contributed by atoms with Crippen LogP contribution in [0.4, 0.5) is 0 Å². The van der Waals surface area contributed by atoms with Crippen LogP contribution in [-0.2, 0) is 0 Å². The maximum Gasteiger partial charge on any atom is 0.270 e. The van der Waals surface area contributed by atoms with Gasteiger partial charge in [0.2, 0.25) is 5.88 Å². The summed E-state index contributed by atoms with van der Waals surface area (Å²) in [4.78, 5) is 29.3. The number of likely N-dealkylation sites (tertiary alicyclic amines) is 1. The van der Waals surface area contributed by atoms with Gasteiger partial charge in [-0.3, -0.25) is 4.79 Å². The summed E-state index contributed by atoms with van der Waals surface area (Å²) in [6.07, 6.45) is 3.61. The number of rotatable bonds is 7. The Morgan fingerprint density at radius 1 is 1.15 bits per heavy atom. The van der Waals surface area contributed by atoms with E-state index in [2.05, 4.69) is 25.2 Å². The molecule has 3 aromatic rings. The number of hydrogen-bond acceptors (Lipinski definition) is 7. The molecule has 1 aliphatic carbocycles. The number of para-hydroxylation sites is 1. The van der Waals surface area contributed by atoms with Crippen molar-refractivity contribution in [1.29, 1.82) is 0 Å². The zero-order valence-corrected chi connectivity index (χ0v) is 18.8. The number of carbonyl (C=O) groups excluding carboxylic acids is 1. The average Bonchev–Trinajstić information content (AvgIpc) is 3.37. The van der Waals surface area contributed by atoms with Crippen molar-refractivity contribution in [2.45, 2.75) is 25.8 Å². The molecular weight excluding hydrogens is 418 g/mol. The maximum atomic E-state index is 13.3. The molecule has 8 heteroatoms. The van der Waals surface area contributed by atoms with E-state index in [9.17, 15) is 9.90 Å². The molecule has 0 spiro atoms. The highest BCUT2D eigenvalue weighted by molar-refractivity contribution is 6.05. The SMILES string of the molecule is CCOc1ccc(-c2nc(C(=O)NC3C[C@@H]4CN(CCO)C[C@@H]4C3)c3ccccc3n2)cn1. The normalized spacial score (nSPS) is 22.4. The fraction of sp³-hybridized carbons (Fsp3) is 0.440. The van der Waals surface area contributed by atoms with Gasteiger partial charge in [-0.15, -0.1) is 0 Å². The Labute approximate surface area is 193 Å². The van der Waals surface area contributed by atoms with Gasteiger partial charge in [0, 0.05) is 48.9 Å². The van der Waals surface area contributed by atoms with E-state index in [0.717, 1.165) is 48.9 Å². The fourth-order valence-electron chi connectivity index (χ4n) is 5.22. The minimum atomic E-state index is -0.161. The minimum Gasteiger partial charge on any atom is -0.478 e. The Balaban J connectivity index is 1.37. The van der Waals surface area contributed by atoms with E-state index in [1.54, 1.807) is 12.3 Å². The Morgan fingerprint density at radius 3 is 2.64 bits per heavy atom. The number of fused-ring (bicyclic) bond motifs is 2. The molecule has 2 N–H and O–H groups in total. The summed E-state index contributed by atoms with van der Waals surface area (Å²) in [5, 5.41) is 13.2. The maximum absolute atomic E-state index is 13.3. The van der Waals surface area contributed by atoms with Crippen molar-refractivity contribution in [3.63, 3.8) is 0 Å². The van der Waals surface area contributed by atoms with Gasteiger partial charge in [0.1, 0.15) is 5.69 Å². The first-order valence-electron chi connectivity index (χ1n) is 11.6. The first kappa shape index (κ1) is 21.7. The number of β-amino-alcohol motifs (C(OH)–C–C–N with tert-alkyl or cyclic N) is 1. The number of benzene rings is 1. The molecule has 0 bridgehead atoms. The largest absolute Gasteiger partial charge is 0.478 e. The second-order valence-corrected chi connectivity index (χ2v) is 8.88. The topological polar surface area (TPSA) is 100 Å². The van der Waals surface area contributed by atoms with Gasteiger partial charge in [-0.2, -0.15) is 0 Å². The number of hydrogen-bond donors (Lipinski definition) is 2. The Kier molecular flexibility index (Phi) is 6.20. The predicted molar refractivity (Wildman–Crippen MR) is 125 cm³/mol. The average molecular weight is 448 g/mol. The number of nitrogens with zero attached hydrogens (tertiary/aromatic N) is 4. The van der Waals surface area contributed by atoms with Crippen LogP contribution in [0.2, 0.25) is 0 Å². The number of aliphatic hydroxyl groups excluding tert-OH is 1. The molecule has 2 aromatic heterocycles. The molecule has 1 aliphatic heterocycles. The summed E-state index contributed by atoms with van der Waals surface area (Å²) in [6, 6.07) is 11.4. The van der Waals surface area contributed by atoms with Crippen LogP contribution in [0.3, 0.4) is 0 Å². The molecule has 1 aromatic carbocycles. The van der Waals surface area contributed by atoms with Crippen LogP contribution in [-0.4, -0.2) is 69.8 Å². The van der Waals surface area contributed by atoms with Crippen LogP contribution in [0.15, 0.2) is 42.6 Å². The molecule has 3 atom stereocenters. The summed E-state index contributed by atoms with van der Waals surface area (Å²) in [5.74, 6) is 2.01. The lowest BCUT2D eigenvalue weighted by Crippen LogP contribution is -2.35. The second kappa shape index (κ2) is 9.41. The van der Waals surface area contributed by atoms with E-state index in [1.165, 1.54) is 0 Å². The molecule has 2 fully saturated rings. The number of ether oxygens (including phenoxy) is 1. The summed E-state index contributed by atoms with van der Waals surface area (Å²) in [7, 11) is 0. The Morgan fingerprint density at radius 2 is 1.94 bits per heavy atom. The van der Waals surface area contributed by atoms with E-state index >= 15 is 0 Å². The van der Waals surface area contributed by atoms with Gasteiger partial charge in [0.25, 0.3) is 5.91 Å². The predicted octanol–water partition coefficient (Wildman–Crippen LogP) is 2.52. The molecular formula is C25H29N5O3. The first-order chi connectivity index (χ1) is 16.1. The first-order valence-corrected chi connectivity index (χ1v) is 11.6. The smallest absolute Gasteiger partial charge is 0.270 e. The molecule has 1 saturated heterocycles. The summed E-state index contributed by atoms with van der Waals surface area (Å²) in [6.45, 7) is 5.40. The minimum absolute atomic E-state index is 0.146. The third-order valence-corrected chi connectivity index (χ3v) is 6.68. The van der Waals surface area contributed by atoms with Crippen molar-refractivity contribution in [1.82, 2.24) is 25.2 Å². The van der Waals surface area contributed by atoms with Crippen LogP contribution in [0.5, 0.6) is 5.88 Å². The van der Waals surface area contributed by atoms with E-state index in [4.69, 9.17) is 4.74 Å². The highest BCUT2D eigenvalue weighted by Crippen LogP contribution is 2.38. The zero-order chi connectivity index (χ0) is 22.8. The van der Waals surface area contributed by atoms with Crippen molar-refractivity contribution in [3.05, 3.63) is 48.3 Å². The number of aromatic nitrogens is 3. The van der Waals surface area contributed by atoms with Gasteiger partial charge in [-0.05, 0) is 43.7 Å². The van der Waals surface area contributed by atoms with Gasteiger partial charge in [0.15, 0.2) is 5.82 Å². The van der Waals surface area contributed by atoms with E-state index in [-0.39, 0.29) is 18.6 Å². The molecule has 1 saturated carbocycles. The summed E-state index contributed by atoms with van der Waals surface area (Å²) in [5.41, 5.74) is 1.85. The molecule has 1 amide bonds. The molecule has 5 rings (SSSR count). The molecule has 2 aliphatic rings. The molecule has 8 nitrogen and oxygen atoms in total. The van der Waals surface area contributed by atoms with Crippen molar-refractivity contribution in [2.75, 3.05) is 32.8 Å². The molecule has 0 radical (unpaired) electrons.